The van der Waals surface area contributed by atoms with E-state index in [9.17, 15) is 9.59 Å². The van der Waals surface area contributed by atoms with Gasteiger partial charge in [0.1, 0.15) is 11.4 Å². The molecular formula is C16H23N5O2. The number of carbonyl (C=O) groups excluding carboxylic acids is 1. The number of H-pyrrole nitrogens is 1. The van der Waals surface area contributed by atoms with Crippen molar-refractivity contribution >= 4 is 5.91 Å². The first-order valence-corrected chi connectivity index (χ1v) is 7.69. The van der Waals surface area contributed by atoms with Crippen molar-refractivity contribution in [1.29, 1.82) is 0 Å². The molecule has 0 saturated heterocycles. The third-order valence-corrected chi connectivity index (χ3v) is 3.54. The first-order valence-electron chi connectivity index (χ1n) is 7.69. The molecule has 0 saturated carbocycles. The first-order chi connectivity index (χ1) is 10.8. The van der Waals surface area contributed by atoms with Crippen molar-refractivity contribution in [2.24, 2.45) is 0 Å². The van der Waals surface area contributed by atoms with Crippen LogP contribution >= 0.6 is 0 Å². The number of aryl methyl sites for hydroxylation is 2. The van der Waals surface area contributed by atoms with Crippen molar-refractivity contribution in [1.82, 2.24) is 25.1 Å². The summed E-state index contributed by atoms with van der Waals surface area (Å²) >= 11 is 0. The van der Waals surface area contributed by atoms with Gasteiger partial charge in [0.2, 0.25) is 0 Å². The fraction of sp³-hybridized carbons (Fsp3) is 0.500. The molecule has 0 unspecified atom stereocenters. The van der Waals surface area contributed by atoms with Crippen LogP contribution in [0.5, 0.6) is 0 Å². The number of hydrogen-bond donors (Lipinski definition) is 2. The number of rotatable bonds is 5. The van der Waals surface area contributed by atoms with Crippen LogP contribution in [0.25, 0.3) is 0 Å². The molecule has 0 aliphatic carbocycles. The molecule has 7 heteroatoms. The molecule has 2 aromatic heterocycles. The quantitative estimate of drug-likeness (QED) is 0.874. The Labute approximate surface area is 135 Å². The first kappa shape index (κ1) is 16.9. The van der Waals surface area contributed by atoms with Gasteiger partial charge in [-0.05, 0) is 26.8 Å². The smallest absolute Gasteiger partial charge is 0.263 e. The highest BCUT2D eigenvalue weighted by Crippen LogP contribution is 2.06. The normalized spacial score (nSPS) is 12.4. The van der Waals surface area contributed by atoms with Crippen molar-refractivity contribution in [2.75, 3.05) is 0 Å². The molecule has 0 aromatic carbocycles. The Bertz CT molecular complexity index is 760. The minimum Gasteiger partial charge on any atom is -0.347 e. The predicted molar refractivity (Wildman–Crippen MR) is 87.6 cm³/mol. The van der Waals surface area contributed by atoms with Crippen LogP contribution in [0.1, 0.15) is 54.3 Å². The van der Waals surface area contributed by atoms with E-state index in [1.54, 1.807) is 0 Å². The van der Waals surface area contributed by atoms with Gasteiger partial charge in [0, 0.05) is 23.9 Å². The van der Waals surface area contributed by atoms with Gasteiger partial charge in [-0.3, -0.25) is 14.3 Å². The zero-order chi connectivity index (χ0) is 17.1. The van der Waals surface area contributed by atoms with E-state index in [1.807, 2.05) is 45.4 Å². The van der Waals surface area contributed by atoms with Gasteiger partial charge in [-0.1, -0.05) is 13.8 Å². The van der Waals surface area contributed by atoms with E-state index in [-0.39, 0.29) is 17.5 Å². The van der Waals surface area contributed by atoms with Crippen LogP contribution in [0.15, 0.2) is 17.1 Å². The molecule has 124 valence electrons. The molecule has 0 aliphatic heterocycles. The van der Waals surface area contributed by atoms with Gasteiger partial charge in [-0.25, -0.2) is 4.98 Å². The number of hydrogen-bond acceptors (Lipinski definition) is 4. The molecule has 1 atom stereocenters. The summed E-state index contributed by atoms with van der Waals surface area (Å²) in [5.74, 6) is 0.245. The molecule has 2 N–H and O–H groups in total. The number of aromatic amines is 1. The summed E-state index contributed by atoms with van der Waals surface area (Å²) in [6, 6.07) is 1.82. The Kier molecular flexibility index (Phi) is 4.98. The minimum atomic E-state index is -0.428. The predicted octanol–water partition coefficient (Wildman–Crippen LogP) is 1.53. The van der Waals surface area contributed by atoms with Gasteiger partial charge in [0.15, 0.2) is 0 Å². The number of nitrogens with zero attached hydrogens (tertiary/aromatic N) is 3. The molecule has 2 heterocycles. The highest BCUT2D eigenvalue weighted by Gasteiger charge is 2.16. The van der Waals surface area contributed by atoms with Crippen molar-refractivity contribution in [2.45, 2.75) is 53.1 Å². The lowest BCUT2D eigenvalue weighted by Gasteiger charge is -2.15. The average molecular weight is 317 g/mol. The number of amides is 1. The molecule has 0 spiro atoms. The van der Waals surface area contributed by atoms with Gasteiger partial charge in [0.05, 0.1) is 12.2 Å². The Morgan fingerprint density at radius 3 is 2.57 bits per heavy atom. The van der Waals surface area contributed by atoms with Crippen molar-refractivity contribution in [3.63, 3.8) is 0 Å². The van der Waals surface area contributed by atoms with Crippen LogP contribution < -0.4 is 10.9 Å². The van der Waals surface area contributed by atoms with Crippen molar-refractivity contribution in [3.8, 4) is 0 Å². The largest absolute Gasteiger partial charge is 0.347 e. The SMILES string of the molecule is Cc1cc(C)n(C[C@@H](C)NC(=O)c2cnc(C(C)C)[nH]c2=O)n1. The zero-order valence-corrected chi connectivity index (χ0v) is 14.2. The summed E-state index contributed by atoms with van der Waals surface area (Å²) in [5.41, 5.74) is 1.57. The molecule has 0 bridgehead atoms. The number of aromatic nitrogens is 4. The zero-order valence-electron chi connectivity index (χ0n) is 14.2. The lowest BCUT2D eigenvalue weighted by atomic mass is 10.2. The Hall–Kier alpha value is -2.44. The summed E-state index contributed by atoms with van der Waals surface area (Å²) in [7, 11) is 0. The number of carbonyl (C=O) groups is 1. The van der Waals surface area contributed by atoms with E-state index in [2.05, 4.69) is 20.4 Å². The lowest BCUT2D eigenvalue weighted by Crippen LogP contribution is -2.39. The average Bonchev–Trinajstić information content (AvgIpc) is 2.76. The summed E-state index contributed by atoms with van der Waals surface area (Å²) in [6.07, 6.45) is 1.33. The third-order valence-electron chi connectivity index (χ3n) is 3.54. The summed E-state index contributed by atoms with van der Waals surface area (Å²) in [6.45, 7) is 10.2. The van der Waals surface area contributed by atoms with Crippen LogP contribution in [-0.4, -0.2) is 31.7 Å². The molecule has 7 nitrogen and oxygen atoms in total. The Balaban J connectivity index is 2.06. The maximum absolute atomic E-state index is 12.2. The monoisotopic (exact) mass is 317 g/mol. The second-order valence-electron chi connectivity index (χ2n) is 6.15. The molecule has 2 aromatic rings. The van der Waals surface area contributed by atoms with Gasteiger partial charge in [-0.2, -0.15) is 5.10 Å². The van der Waals surface area contributed by atoms with E-state index < -0.39 is 11.5 Å². The number of nitrogens with one attached hydrogen (secondary N) is 2. The highest BCUT2D eigenvalue weighted by molar-refractivity contribution is 5.93. The van der Waals surface area contributed by atoms with E-state index in [1.165, 1.54) is 6.20 Å². The Morgan fingerprint density at radius 2 is 2.04 bits per heavy atom. The topological polar surface area (TPSA) is 92.7 Å². The van der Waals surface area contributed by atoms with E-state index >= 15 is 0 Å². The highest BCUT2D eigenvalue weighted by atomic mass is 16.2. The van der Waals surface area contributed by atoms with E-state index in [4.69, 9.17) is 0 Å². The summed E-state index contributed by atoms with van der Waals surface area (Å²) in [5, 5.41) is 7.17. The van der Waals surface area contributed by atoms with Crippen LogP contribution in [-0.2, 0) is 6.54 Å². The van der Waals surface area contributed by atoms with Crippen LogP contribution in [0.2, 0.25) is 0 Å². The second kappa shape index (κ2) is 6.76. The van der Waals surface area contributed by atoms with Crippen LogP contribution in [0.4, 0.5) is 0 Å². The molecule has 1 amide bonds. The molecule has 2 rings (SSSR count). The van der Waals surface area contributed by atoms with Gasteiger partial charge < -0.3 is 10.3 Å². The van der Waals surface area contributed by atoms with Gasteiger partial charge in [0.25, 0.3) is 11.5 Å². The minimum absolute atomic E-state index is 0.0228. The maximum atomic E-state index is 12.2. The fourth-order valence-electron chi connectivity index (χ4n) is 2.33. The van der Waals surface area contributed by atoms with E-state index in [0.717, 1.165) is 11.4 Å². The van der Waals surface area contributed by atoms with Crippen molar-refractivity contribution < 1.29 is 4.79 Å². The summed E-state index contributed by atoms with van der Waals surface area (Å²) < 4.78 is 1.84. The van der Waals surface area contributed by atoms with Gasteiger partial charge in [-0.15, -0.1) is 0 Å². The van der Waals surface area contributed by atoms with E-state index in [0.29, 0.717) is 12.4 Å². The Morgan fingerprint density at radius 1 is 1.35 bits per heavy atom. The molecule has 0 fully saturated rings. The second-order valence-corrected chi connectivity index (χ2v) is 6.15. The van der Waals surface area contributed by atoms with Crippen LogP contribution in [0.3, 0.4) is 0 Å². The third kappa shape index (κ3) is 4.06. The standard InChI is InChI=1S/C16H23N5O2/c1-9(2)14-17-7-13(16(23)19-14)15(22)18-11(4)8-21-12(5)6-10(3)20-21/h6-7,9,11H,8H2,1-5H3,(H,18,22)(H,17,19,23)/t11-/m1/s1. The molecule has 0 radical (unpaired) electrons. The molecule has 23 heavy (non-hydrogen) atoms. The van der Waals surface area contributed by atoms with Gasteiger partial charge >= 0.3 is 0 Å². The molecular weight excluding hydrogens is 294 g/mol. The lowest BCUT2D eigenvalue weighted by molar-refractivity contribution is 0.0933. The van der Waals surface area contributed by atoms with Crippen LogP contribution in [0, 0.1) is 13.8 Å². The van der Waals surface area contributed by atoms with Crippen molar-refractivity contribution in [3.05, 3.63) is 45.4 Å². The fourth-order valence-corrected chi connectivity index (χ4v) is 2.33. The molecule has 0 aliphatic rings. The summed E-state index contributed by atoms with van der Waals surface area (Å²) in [4.78, 5) is 31.0. The maximum Gasteiger partial charge on any atom is 0.263 e.